The molecule has 1 aromatic carbocycles. The third-order valence-corrected chi connectivity index (χ3v) is 3.11. The van der Waals surface area contributed by atoms with Crippen molar-refractivity contribution in [3.63, 3.8) is 0 Å². The number of nitrogens with zero attached hydrogens (tertiary/aromatic N) is 1. The Morgan fingerprint density at radius 3 is 3.07 bits per heavy atom. The van der Waals surface area contributed by atoms with E-state index in [1.807, 2.05) is 0 Å². The Morgan fingerprint density at radius 2 is 2.33 bits per heavy atom. The number of nitrogens with one attached hydrogen (secondary N) is 1. The molecule has 0 saturated carbocycles. The number of aryl methyl sites for hydroxylation is 1. The van der Waals surface area contributed by atoms with E-state index in [4.69, 9.17) is 0 Å². The summed E-state index contributed by atoms with van der Waals surface area (Å²) in [6.45, 7) is 8.94. The third-order valence-electron chi connectivity index (χ3n) is 3.11. The zero-order valence-electron chi connectivity index (χ0n) is 9.66. The first-order chi connectivity index (χ1) is 7.25. The van der Waals surface area contributed by atoms with Crippen molar-refractivity contribution in [2.75, 3.05) is 19.6 Å². The molecule has 1 unspecified atom stereocenters. The Bertz CT molecular complexity index is 322. The minimum atomic E-state index is 0.652. The van der Waals surface area contributed by atoms with Crippen molar-refractivity contribution in [1.29, 1.82) is 0 Å². The van der Waals surface area contributed by atoms with Gasteiger partial charge in [-0.1, -0.05) is 29.8 Å². The van der Waals surface area contributed by atoms with E-state index >= 15 is 0 Å². The molecule has 0 amide bonds. The van der Waals surface area contributed by atoms with Gasteiger partial charge in [-0.15, -0.1) is 0 Å². The Kier molecular flexibility index (Phi) is 3.39. The summed E-state index contributed by atoms with van der Waals surface area (Å²) in [6.07, 6.45) is 0. The van der Waals surface area contributed by atoms with E-state index < -0.39 is 0 Å². The molecule has 2 heteroatoms. The summed E-state index contributed by atoms with van der Waals surface area (Å²) in [7, 11) is 0. The van der Waals surface area contributed by atoms with E-state index in [-0.39, 0.29) is 0 Å². The number of hydrogen-bond acceptors (Lipinski definition) is 2. The summed E-state index contributed by atoms with van der Waals surface area (Å²) in [5, 5.41) is 3.42. The van der Waals surface area contributed by atoms with Crippen LogP contribution < -0.4 is 5.32 Å². The van der Waals surface area contributed by atoms with Crippen LogP contribution in [0.15, 0.2) is 24.3 Å². The highest BCUT2D eigenvalue weighted by Crippen LogP contribution is 2.11. The van der Waals surface area contributed by atoms with Gasteiger partial charge in [-0.2, -0.15) is 0 Å². The second kappa shape index (κ2) is 4.77. The average Bonchev–Trinajstić information content (AvgIpc) is 2.22. The summed E-state index contributed by atoms with van der Waals surface area (Å²) >= 11 is 0. The first kappa shape index (κ1) is 10.7. The molecule has 1 heterocycles. The van der Waals surface area contributed by atoms with Crippen LogP contribution in [0.5, 0.6) is 0 Å². The number of benzene rings is 1. The van der Waals surface area contributed by atoms with Crippen molar-refractivity contribution in [1.82, 2.24) is 10.2 Å². The van der Waals surface area contributed by atoms with Gasteiger partial charge in [0.15, 0.2) is 0 Å². The molecule has 82 valence electrons. The van der Waals surface area contributed by atoms with Crippen molar-refractivity contribution >= 4 is 0 Å². The monoisotopic (exact) mass is 204 g/mol. The summed E-state index contributed by atoms with van der Waals surface area (Å²) in [5.41, 5.74) is 2.79. The Balaban J connectivity index is 2.01. The lowest BCUT2D eigenvalue weighted by atomic mass is 10.1. The van der Waals surface area contributed by atoms with Gasteiger partial charge in [-0.3, -0.25) is 4.90 Å². The molecule has 0 spiro atoms. The van der Waals surface area contributed by atoms with Crippen molar-refractivity contribution in [3.8, 4) is 0 Å². The van der Waals surface area contributed by atoms with E-state index in [0.29, 0.717) is 6.04 Å². The third kappa shape index (κ3) is 2.80. The molecular formula is C13H20N2. The predicted octanol–water partition coefficient (Wildman–Crippen LogP) is 1.79. The topological polar surface area (TPSA) is 15.3 Å². The molecule has 1 aliphatic rings. The average molecular weight is 204 g/mol. The molecule has 1 atom stereocenters. The molecule has 1 aromatic rings. The molecular weight excluding hydrogens is 184 g/mol. The van der Waals surface area contributed by atoms with Crippen LogP contribution in [-0.2, 0) is 6.54 Å². The first-order valence-electron chi connectivity index (χ1n) is 5.76. The van der Waals surface area contributed by atoms with Crippen LogP contribution in [-0.4, -0.2) is 30.6 Å². The molecule has 2 rings (SSSR count). The highest BCUT2D eigenvalue weighted by molar-refractivity contribution is 5.22. The van der Waals surface area contributed by atoms with Gasteiger partial charge in [0.2, 0.25) is 0 Å². The summed E-state index contributed by atoms with van der Waals surface area (Å²) < 4.78 is 0. The van der Waals surface area contributed by atoms with Gasteiger partial charge in [-0.05, 0) is 19.4 Å². The molecule has 0 radical (unpaired) electrons. The van der Waals surface area contributed by atoms with Crippen LogP contribution in [0, 0.1) is 6.92 Å². The van der Waals surface area contributed by atoms with Gasteiger partial charge in [0.25, 0.3) is 0 Å². The maximum absolute atomic E-state index is 3.42. The fourth-order valence-corrected chi connectivity index (χ4v) is 2.16. The highest BCUT2D eigenvalue weighted by atomic mass is 15.2. The highest BCUT2D eigenvalue weighted by Gasteiger charge is 2.17. The lowest BCUT2D eigenvalue weighted by Gasteiger charge is -2.33. The molecule has 1 N–H and O–H groups in total. The van der Waals surface area contributed by atoms with Crippen LogP contribution in [0.4, 0.5) is 0 Å². The van der Waals surface area contributed by atoms with Gasteiger partial charge in [-0.25, -0.2) is 0 Å². The first-order valence-corrected chi connectivity index (χ1v) is 5.76. The standard InChI is InChI=1S/C13H20N2/c1-11-4-3-5-13(8-11)10-15-7-6-14-9-12(15)2/h3-5,8,12,14H,6-7,9-10H2,1-2H3. The van der Waals surface area contributed by atoms with Gasteiger partial charge >= 0.3 is 0 Å². The molecule has 2 nitrogen and oxygen atoms in total. The largest absolute Gasteiger partial charge is 0.314 e. The van der Waals surface area contributed by atoms with Gasteiger partial charge < -0.3 is 5.32 Å². The Labute approximate surface area is 92.3 Å². The summed E-state index contributed by atoms with van der Waals surface area (Å²) in [4.78, 5) is 2.55. The fraction of sp³-hybridized carbons (Fsp3) is 0.538. The van der Waals surface area contributed by atoms with Crippen LogP contribution >= 0.6 is 0 Å². The van der Waals surface area contributed by atoms with E-state index in [9.17, 15) is 0 Å². The van der Waals surface area contributed by atoms with Crippen molar-refractivity contribution in [3.05, 3.63) is 35.4 Å². The normalized spacial score (nSPS) is 22.9. The number of piperazine rings is 1. The van der Waals surface area contributed by atoms with Crippen LogP contribution in [0.25, 0.3) is 0 Å². The zero-order chi connectivity index (χ0) is 10.7. The quantitative estimate of drug-likeness (QED) is 0.790. The lowest BCUT2D eigenvalue weighted by molar-refractivity contribution is 0.165. The van der Waals surface area contributed by atoms with Crippen molar-refractivity contribution in [2.24, 2.45) is 0 Å². The van der Waals surface area contributed by atoms with Crippen molar-refractivity contribution < 1.29 is 0 Å². The van der Waals surface area contributed by atoms with E-state index in [0.717, 1.165) is 26.2 Å². The van der Waals surface area contributed by atoms with E-state index in [1.165, 1.54) is 11.1 Å². The van der Waals surface area contributed by atoms with E-state index in [2.05, 4.69) is 48.3 Å². The lowest BCUT2D eigenvalue weighted by Crippen LogP contribution is -2.49. The molecule has 0 bridgehead atoms. The maximum Gasteiger partial charge on any atom is 0.0237 e. The molecule has 0 aromatic heterocycles. The molecule has 0 aliphatic carbocycles. The number of hydrogen-bond donors (Lipinski definition) is 1. The van der Waals surface area contributed by atoms with E-state index in [1.54, 1.807) is 0 Å². The maximum atomic E-state index is 3.42. The minimum Gasteiger partial charge on any atom is -0.314 e. The Morgan fingerprint density at radius 1 is 1.47 bits per heavy atom. The molecule has 15 heavy (non-hydrogen) atoms. The van der Waals surface area contributed by atoms with Crippen LogP contribution in [0.2, 0.25) is 0 Å². The van der Waals surface area contributed by atoms with Gasteiger partial charge in [0.05, 0.1) is 0 Å². The predicted molar refractivity (Wildman–Crippen MR) is 63.9 cm³/mol. The van der Waals surface area contributed by atoms with Crippen LogP contribution in [0.1, 0.15) is 18.1 Å². The van der Waals surface area contributed by atoms with Crippen molar-refractivity contribution in [2.45, 2.75) is 26.4 Å². The smallest absolute Gasteiger partial charge is 0.0237 e. The summed E-state index contributed by atoms with van der Waals surface area (Å²) in [6, 6.07) is 9.47. The molecule has 1 aliphatic heterocycles. The molecule has 1 fully saturated rings. The second-order valence-electron chi connectivity index (χ2n) is 4.51. The van der Waals surface area contributed by atoms with Crippen LogP contribution in [0.3, 0.4) is 0 Å². The SMILES string of the molecule is Cc1cccc(CN2CCNCC2C)c1. The van der Waals surface area contributed by atoms with Gasteiger partial charge in [0.1, 0.15) is 0 Å². The number of rotatable bonds is 2. The fourth-order valence-electron chi connectivity index (χ4n) is 2.16. The van der Waals surface area contributed by atoms with Gasteiger partial charge in [0, 0.05) is 32.2 Å². The second-order valence-corrected chi connectivity index (χ2v) is 4.51. The Hall–Kier alpha value is -0.860. The zero-order valence-corrected chi connectivity index (χ0v) is 9.66. The summed E-state index contributed by atoms with van der Waals surface area (Å²) in [5.74, 6) is 0. The minimum absolute atomic E-state index is 0.652. The molecule has 1 saturated heterocycles.